The number of benzene rings is 2. The molecule has 7 rings (SSSR count). The number of rotatable bonds is 4. The molecule has 4 aliphatic carbocycles. The minimum absolute atomic E-state index is 0.0747. The molecule has 0 amide bonds. The van der Waals surface area contributed by atoms with Gasteiger partial charge < -0.3 is 19.7 Å². The van der Waals surface area contributed by atoms with Gasteiger partial charge in [0.25, 0.3) is 0 Å². The fourth-order valence-electron chi connectivity index (χ4n) is 10.00. The Labute approximate surface area is 280 Å². The van der Waals surface area contributed by atoms with Gasteiger partial charge in [-0.25, -0.2) is 8.78 Å². The fraction of sp³-hybridized carbons (Fsp3) is 0.632. The summed E-state index contributed by atoms with van der Waals surface area (Å²) in [5.74, 6) is -11.0. The predicted octanol–water partition coefficient (Wildman–Crippen LogP) is 8.96. The maximum absolute atomic E-state index is 15.8. The molecule has 256 valence electrons. The summed E-state index contributed by atoms with van der Waals surface area (Å²) in [5, 5.41) is 24.2. The standard InChI is InChI=1S/C38H46F4O4S/c1-32(2)21-45-36(46-22-32)17-14-30-31-27(13-16-35(30,43)20-36)29-15-18-37(44,38(41,42)34(4,39)40)33(29,3)19-28(31)25-7-5-23(6-8-25)24-9-11-26(47)12-10-24/h5-12,27-29,43-44,47H,13-22H2,1-4H3/t27?,28-,29?,33?,35-,37+/m1/s1. The number of hydrogen-bond donors (Lipinski definition) is 3. The SMILES string of the molecule is CC1(C)COC2(CCC3=C4C(CC[C@@]3(O)C2)C2CC[C@@](O)(C(F)(F)C(C)(F)F)C2(C)C[C@@H]4c2ccc(-c3ccc(S)cc3)cc2)OC1. The van der Waals surface area contributed by atoms with E-state index < -0.39 is 52.5 Å². The van der Waals surface area contributed by atoms with E-state index in [2.05, 4.69) is 26.5 Å². The summed E-state index contributed by atoms with van der Waals surface area (Å²) in [5.41, 5.74) is -0.892. The Balaban J connectivity index is 1.32. The highest BCUT2D eigenvalue weighted by molar-refractivity contribution is 7.80. The quantitative estimate of drug-likeness (QED) is 0.172. The van der Waals surface area contributed by atoms with Crippen molar-refractivity contribution in [2.24, 2.45) is 22.7 Å². The van der Waals surface area contributed by atoms with Crippen molar-refractivity contribution in [2.45, 2.75) is 119 Å². The van der Waals surface area contributed by atoms with Crippen molar-refractivity contribution in [1.82, 2.24) is 0 Å². The number of aliphatic hydroxyl groups is 2. The highest BCUT2D eigenvalue weighted by Gasteiger charge is 2.77. The normalized spacial score (nSPS) is 36.5. The summed E-state index contributed by atoms with van der Waals surface area (Å²) in [7, 11) is 0. The van der Waals surface area contributed by atoms with E-state index in [0.29, 0.717) is 45.3 Å². The van der Waals surface area contributed by atoms with Crippen molar-refractivity contribution < 1.29 is 37.2 Å². The zero-order chi connectivity index (χ0) is 33.8. The monoisotopic (exact) mass is 674 g/mol. The molecule has 1 saturated heterocycles. The van der Waals surface area contributed by atoms with Crippen molar-refractivity contribution >= 4 is 12.6 Å². The number of hydrogen-bond acceptors (Lipinski definition) is 5. The smallest absolute Gasteiger partial charge is 0.338 e. The number of ether oxygens (including phenoxy) is 2. The molecule has 2 N–H and O–H groups in total. The lowest BCUT2D eigenvalue weighted by Gasteiger charge is -2.59. The Morgan fingerprint density at radius 2 is 1.43 bits per heavy atom. The van der Waals surface area contributed by atoms with Crippen LogP contribution in [-0.2, 0) is 9.47 Å². The van der Waals surface area contributed by atoms with E-state index in [1.54, 1.807) is 6.92 Å². The molecular weight excluding hydrogens is 628 g/mol. The van der Waals surface area contributed by atoms with Crippen molar-refractivity contribution in [3.63, 3.8) is 0 Å². The average Bonchev–Trinajstić information content (AvgIpc) is 3.29. The highest BCUT2D eigenvalue weighted by Crippen LogP contribution is 2.71. The first-order valence-electron chi connectivity index (χ1n) is 16.9. The molecule has 3 saturated carbocycles. The van der Waals surface area contributed by atoms with Crippen LogP contribution in [0.1, 0.15) is 90.5 Å². The Morgan fingerprint density at radius 3 is 2.02 bits per heavy atom. The zero-order valence-electron chi connectivity index (χ0n) is 27.6. The number of allylic oxidation sites excluding steroid dienone is 1. The molecule has 5 aliphatic rings. The molecule has 4 nitrogen and oxygen atoms in total. The van der Waals surface area contributed by atoms with Gasteiger partial charge in [0.15, 0.2) is 5.79 Å². The molecule has 0 radical (unpaired) electrons. The van der Waals surface area contributed by atoms with Gasteiger partial charge in [-0.15, -0.1) is 12.6 Å². The first-order valence-corrected chi connectivity index (χ1v) is 17.4. The van der Waals surface area contributed by atoms with Crippen LogP contribution in [-0.4, -0.2) is 52.3 Å². The molecule has 0 bridgehead atoms. The van der Waals surface area contributed by atoms with Crippen molar-refractivity contribution in [3.8, 4) is 11.1 Å². The lowest BCUT2D eigenvalue weighted by molar-refractivity contribution is -0.323. The molecule has 2 aromatic carbocycles. The van der Waals surface area contributed by atoms with E-state index in [9.17, 15) is 19.0 Å². The lowest BCUT2D eigenvalue weighted by atomic mass is 9.49. The summed E-state index contributed by atoms with van der Waals surface area (Å²) in [4.78, 5) is 0.847. The Hall–Kier alpha value is -1.91. The number of fused-ring (bicyclic) bond motifs is 4. The van der Waals surface area contributed by atoms with Gasteiger partial charge in [-0.2, -0.15) is 8.78 Å². The number of halogens is 4. The van der Waals surface area contributed by atoms with E-state index in [1.165, 1.54) is 0 Å². The van der Waals surface area contributed by atoms with Gasteiger partial charge in [0.2, 0.25) is 0 Å². The number of alkyl halides is 4. The zero-order valence-corrected chi connectivity index (χ0v) is 28.5. The van der Waals surface area contributed by atoms with Crippen LogP contribution in [0.15, 0.2) is 64.6 Å². The van der Waals surface area contributed by atoms with Crippen LogP contribution in [0.2, 0.25) is 0 Å². The largest absolute Gasteiger partial charge is 0.385 e. The second kappa shape index (κ2) is 10.8. The molecule has 1 heterocycles. The summed E-state index contributed by atoms with van der Waals surface area (Å²) in [6.07, 6.45) is 2.18. The molecule has 3 unspecified atom stereocenters. The van der Waals surface area contributed by atoms with Gasteiger partial charge in [0.1, 0.15) is 5.60 Å². The third-order valence-corrected chi connectivity index (χ3v) is 12.9. The van der Waals surface area contributed by atoms with Gasteiger partial charge in [0.05, 0.1) is 18.8 Å². The maximum atomic E-state index is 15.8. The molecule has 1 spiro atoms. The molecular formula is C38H46F4O4S. The van der Waals surface area contributed by atoms with Gasteiger partial charge >= 0.3 is 11.8 Å². The van der Waals surface area contributed by atoms with Crippen molar-refractivity contribution in [1.29, 1.82) is 0 Å². The minimum atomic E-state index is -4.61. The highest BCUT2D eigenvalue weighted by atomic mass is 32.1. The van der Waals surface area contributed by atoms with Gasteiger partial charge in [-0.05, 0) is 84.8 Å². The van der Waals surface area contributed by atoms with Gasteiger partial charge in [-0.1, -0.05) is 62.7 Å². The summed E-state index contributed by atoms with van der Waals surface area (Å²) < 4.78 is 73.4. The van der Waals surface area contributed by atoms with Crippen LogP contribution in [0.3, 0.4) is 0 Å². The van der Waals surface area contributed by atoms with Crippen LogP contribution >= 0.6 is 12.6 Å². The van der Waals surface area contributed by atoms with E-state index in [0.717, 1.165) is 32.7 Å². The Bertz CT molecular complexity index is 1560. The van der Waals surface area contributed by atoms with Crippen LogP contribution in [0, 0.1) is 22.7 Å². The van der Waals surface area contributed by atoms with Crippen LogP contribution in [0.25, 0.3) is 11.1 Å². The summed E-state index contributed by atoms with van der Waals surface area (Å²) in [6, 6.07) is 15.7. The van der Waals surface area contributed by atoms with Crippen molar-refractivity contribution in [2.75, 3.05) is 13.2 Å². The van der Waals surface area contributed by atoms with Crippen molar-refractivity contribution in [3.05, 3.63) is 65.2 Å². The topological polar surface area (TPSA) is 58.9 Å². The molecule has 0 aromatic heterocycles. The number of thiol groups is 1. The Kier molecular flexibility index (Phi) is 7.71. The third kappa shape index (κ3) is 5.07. The molecule has 4 fully saturated rings. The molecule has 2 aromatic rings. The minimum Gasteiger partial charge on any atom is -0.385 e. The summed E-state index contributed by atoms with van der Waals surface area (Å²) >= 11 is 4.38. The Morgan fingerprint density at radius 1 is 0.830 bits per heavy atom. The lowest BCUT2D eigenvalue weighted by Crippen LogP contribution is -2.66. The second-order valence-electron chi connectivity index (χ2n) is 16.3. The molecule has 9 heteroatoms. The first-order chi connectivity index (χ1) is 21.8. The fourth-order valence-corrected chi connectivity index (χ4v) is 10.1. The van der Waals surface area contributed by atoms with Gasteiger partial charge in [0, 0.05) is 41.4 Å². The molecule has 6 atom stereocenters. The van der Waals surface area contributed by atoms with E-state index in [-0.39, 0.29) is 31.1 Å². The second-order valence-corrected chi connectivity index (χ2v) is 16.8. The van der Waals surface area contributed by atoms with Crippen LogP contribution in [0.5, 0.6) is 0 Å². The van der Waals surface area contributed by atoms with Crippen LogP contribution < -0.4 is 0 Å². The summed E-state index contributed by atoms with van der Waals surface area (Å²) in [6.45, 7) is 7.04. The van der Waals surface area contributed by atoms with E-state index >= 15 is 8.78 Å². The molecule has 1 aliphatic heterocycles. The molecule has 47 heavy (non-hydrogen) atoms. The third-order valence-electron chi connectivity index (χ3n) is 12.6. The van der Waals surface area contributed by atoms with Crippen LogP contribution in [0.4, 0.5) is 17.6 Å². The predicted molar refractivity (Wildman–Crippen MR) is 175 cm³/mol. The van der Waals surface area contributed by atoms with Gasteiger partial charge in [-0.3, -0.25) is 0 Å². The maximum Gasteiger partial charge on any atom is 0.338 e. The van der Waals surface area contributed by atoms with E-state index in [1.807, 2.05) is 48.5 Å². The average molecular weight is 675 g/mol. The van der Waals surface area contributed by atoms with E-state index in [4.69, 9.17) is 9.47 Å². The first kappa shape index (κ1) is 33.6.